The number of anilines is 1. The summed E-state index contributed by atoms with van der Waals surface area (Å²) in [5.74, 6) is 0.347. The van der Waals surface area contributed by atoms with Crippen LogP contribution in [0.5, 0.6) is 11.5 Å². The molecular formula is C29H27ClN2O5. The summed E-state index contributed by atoms with van der Waals surface area (Å²) >= 11 is 5.91. The van der Waals surface area contributed by atoms with Gasteiger partial charge in [-0.1, -0.05) is 49.7 Å². The van der Waals surface area contributed by atoms with Gasteiger partial charge in [0.05, 0.1) is 5.69 Å². The molecule has 0 spiro atoms. The standard InChI is InChI=1S/C29H27ClN2O5/c1-3-19(2)21-7-13-24(14-8-21)36-15-16-37-25-6-4-5-20(17-25)18-26-27(33)31-29(35)32(28(26)34)23-11-9-22(30)10-12-23/h4-14,17-19H,3,15-16H2,1-2H3,(H,31,33,35)/b26-18+/t19-/m0/s1. The van der Waals surface area contributed by atoms with Crippen molar-refractivity contribution in [1.29, 1.82) is 0 Å². The molecule has 3 aromatic carbocycles. The van der Waals surface area contributed by atoms with E-state index in [2.05, 4.69) is 31.3 Å². The first-order valence-corrected chi connectivity index (χ1v) is 12.4. The van der Waals surface area contributed by atoms with Crippen molar-refractivity contribution >= 4 is 41.2 Å². The van der Waals surface area contributed by atoms with Crippen LogP contribution in [-0.2, 0) is 9.59 Å². The second kappa shape index (κ2) is 11.8. The third-order valence-electron chi connectivity index (χ3n) is 6.04. The van der Waals surface area contributed by atoms with Crippen LogP contribution in [0.2, 0.25) is 5.02 Å². The highest BCUT2D eigenvalue weighted by molar-refractivity contribution is 6.39. The van der Waals surface area contributed by atoms with Gasteiger partial charge >= 0.3 is 6.03 Å². The Bertz CT molecular complexity index is 1320. The minimum absolute atomic E-state index is 0.170. The number of carbonyl (C=O) groups excluding carboxylic acids is 3. The molecule has 1 N–H and O–H groups in total. The number of ether oxygens (including phenoxy) is 2. The second-order valence-electron chi connectivity index (χ2n) is 8.58. The number of imide groups is 2. The molecule has 190 valence electrons. The van der Waals surface area contributed by atoms with Crippen molar-refractivity contribution in [1.82, 2.24) is 5.32 Å². The Balaban J connectivity index is 1.39. The first-order valence-electron chi connectivity index (χ1n) is 12.0. The van der Waals surface area contributed by atoms with Crippen LogP contribution in [0.4, 0.5) is 10.5 Å². The lowest BCUT2D eigenvalue weighted by Gasteiger charge is -2.26. The monoisotopic (exact) mass is 518 g/mol. The third-order valence-corrected chi connectivity index (χ3v) is 6.29. The van der Waals surface area contributed by atoms with E-state index in [0.29, 0.717) is 41.2 Å². The highest BCUT2D eigenvalue weighted by Crippen LogP contribution is 2.25. The molecule has 1 atom stereocenters. The van der Waals surface area contributed by atoms with Gasteiger partial charge in [0.2, 0.25) is 0 Å². The maximum absolute atomic E-state index is 13.0. The van der Waals surface area contributed by atoms with Gasteiger partial charge in [0.15, 0.2) is 0 Å². The third kappa shape index (κ3) is 6.37. The number of nitrogens with one attached hydrogen (secondary N) is 1. The van der Waals surface area contributed by atoms with Gasteiger partial charge in [-0.2, -0.15) is 0 Å². The molecule has 37 heavy (non-hydrogen) atoms. The summed E-state index contributed by atoms with van der Waals surface area (Å²) in [5.41, 5.74) is 1.98. The summed E-state index contributed by atoms with van der Waals surface area (Å²) in [5, 5.41) is 2.67. The van der Waals surface area contributed by atoms with Crippen molar-refractivity contribution < 1.29 is 23.9 Å². The van der Waals surface area contributed by atoms with E-state index in [9.17, 15) is 14.4 Å². The quantitative estimate of drug-likeness (QED) is 0.214. The van der Waals surface area contributed by atoms with E-state index in [0.717, 1.165) is 17.1 Å². The lowest BCUT2D eigenvalue weighted by atomic mass is 9.99. The van der Waals surface area contributed by atoms with Crippen LogP contribution in [-0.4, -0.2) is 31.1 Å². The Morgan fingerprint density at radius 2 is 1.59 bits per heavy atom. The van der Waals surface area contributed by atoms with E-state index < -0.39 is 17.8 Å². The number of halogens is 1. The van der Waals surface area contributed by atoms with Crippen molar-refractivity contribution in [2.75, 3.05) is 18.1 Å². The number of amides is 4. The number of nitrogens with zero attached hydrogens (tertiary/aromatic N) is 1. The van der Waals surface area contributed by atoms with Crippen LogP contribution in [0.15, 0.2) is 78.4 Å². The average molecular weight is 519 g/mol. The highest BCUT2D eigenvalue weighted by Gasteiger charge is 2.36. The van der Waals surface area contributed by atoms with Crippen molar-refractivity contribution in [3.05, 3.63) is 94.5 Å². The normalized spacial score (nSPS) is 15.5. The summed E-state index contributed by atoms with van der Waals surface area (Å²) in [6, 6.07) is 20.4. The first kappa shape index (κ1) is 26.0. The first-order chi connectivity index (χ1) is 17.9. The van der Waals surface area contributed by atoms with E-state index in [-0.39, 0.29) is 5.57 Å². The number of hydrogen-bond acceptors (Lipinski definition) is 5. The molecule has 0 bridgehead atoms. The minimum atomic E-state index is -0.818. The zero-order valence-electron chi connectivity index (χ0n) is 20.6. The zero-order chi connectivity index (χ0) is 26.4. The molecule has 8 heteroatoms. The Kier molecular flexibility index (Phi) is 8.25. The van der Waals surface area contributed by atoms with E-state index in [1.807, 2.05) is 12.1 Å². The molecule has 4 amide bonds. The van der Waals surface area contributed by atoms with Gasteiger partial charge in [0.25, 0.3) is 11.8 Å². The van der Waals surface area contributed by atoms with Crippen LogP contribution < -0.4 is 19.7 Å². The number of barbiturate groups is 1. The molecule has 0 aromatic heterocycles. The number of rotatable bonds is 9. The highest BCUT2D eigenvalue weighted by atomic mass is 35.5. The number of benzene rings is 3. The van der Waals surface area contributed by atoms with Crippen LogP contribution in [0, 0.1) is 0 Å². The molecule has 1 aliphatic rings. The molecule has 4 rings (SSSR count). The van der Waals surface area contributed by atoms with Gasteiger partial charge in [-0.25, -0.2) is 9.69 Å². The molecule has 3 aromatic rings. The van der Waals surface area contributed by atoms with Crippen molar-refractivity contribution in [3.8, 4) is 11.5 Å². The van der Waals surface area contributed by atoms with E-state index in [1.54, 1.807) is 36.4 Å². The maximum Gasteiger partial charge on any atom is 0.335 e. The molecule has 0 saturated carbocycles. The van der Waals surface area contributed by atoms with Crippen LogP contribution >= 0.6 is 11.6 Å². The molecule has 1 fully saturated rings. The Morgan fingerprint density at radius 3 is 2.27 bits per heavy atom. The van der Waals surface area contributed by atoms with Gasteiger partial charge in [-0.3, -0.25) is 14.9 Å². The number of hydrogen-bond donors (Lipinski definition) is 1. The second-order valence-corrected chi connectivity index (χ2v) is 9.02. The summed E-state index contributed by atoms with van der Waals surface area (Å²) in [6.07, 6.45) is 2.51. The molecular weight excluding hydrogens is 492 g/mol. The largest absolute Gasteiger partial charge is 0.490 e. The SMILES string of the molecule is CC[C@H](C)c1ccc(OCCOc2cccc(/C=C3\C(=O)NC(=O)N(c4ccc(Cl)cc4)C3=O)c2)cc1. The lowest BCUT2D eigenvalue weighted by Crippen LogP contribution is -2.54. The molecule has 0 radical (unpaired) electrons. The van der Waals surface area contributed by atoms with Crippen LogP contribution in [0.3, 0.4) is 0 Å². The summed E-state index contributed by atoms with van der Waals surface area (Å²) < 4.78 is 11.6. The summed E-state index contributed by atoms with van der Waals surface area (Å²) in [7, 11) is 0. The molecule has 7 nitrogen and oxygen atoms in total. The number of carbonyl (C=O) groups is 3. The smallest absolute Gasteiger partial charge is 0.335 e. The van der Waals surface area contributed by atoms with Gasteiger partial charge in [-0.15, -0.1) is 0 Å². The molecule has 1 aliphatic heterocycles. The minimum Gasteiger partial charge on any atom is -0.490 e. The van der Waals surface area contributed by atoms with Crippen molar-refractivity contribution in [2.24, 2.45) is 0 Å². The van der Waals surface area contributed by atoms with Gasteiger partial charge in [0.1, 0.15) is 30.3 Å². The molecule has 1 heterocycles. The fourth-order valence-corrected chi connectivity index (χ4v) is 3.92. The van der Waals surface area contributed by atoms with Gasteiger partial charge in [0, 0.05) is 5.02 Å². The summed E-state index contributed by atoms with van der Waals surface area (Å²) in [6.45, 7) is 5.02. The predicted molar refractivity (Wildman–Crippen MR) is 143 cm³/mol. The average Bonchev–Trinajstić information content (AvgIpc) is 2.90. The van der Waals surface area contributed by atoms with E-state index >= 15 is 0 Å². The molecule has 1 saturated heterocycles. The fraction of sp³-hybridized carbons (Fsp3) is 0.207. The topological polar surface area (TPSA) is 84.9 Å². The van der Waals surface area contributed by atoms with Crippen molar-refractivity contribution in [2.45, 2.75) is 26.2 Å². The zero-order valence-corrected chi connectivity index (χ0v) is 21.3. The van der Waals surface area contributed by atoms with Crippen LogP contribution in [0.25, 0.3) is 6.08 Å². The van der Waals surface area contributed by atoms with Crippen molar-refractivity contribution in [3.63, 3.8) is 0 Å². The Morgan fingerprint density at radius 1 is 0.919 bits per heavy atom. The number of urea groups is 1. The Labute approximate surface area is 220 Å². The fourth-order valence-electron chi connectivity index (χ4n) is 3.79. The molecule has 0 aliphatic carbocycles. The van der Waals surface area contributed by atoms with E-state index in [1.165, 1.54) is 23.8 Å². The maximum atomic E-state index is 13.0. The van der Waals surface area contributed by atoms with Crippen LogP contribution in [0.1, 0.15) is 37.3 Å². The predicted octanol–water partition coefficient (Wildman–Crippen LogP) is 5.98. The summed E-state index contributed by atoms with van der Waals surface area (Å²) in [4.78, 5) is 38.7. The van der Waals surface area contributed by atoms with Gasteiger partial charge in [-0.05, 0) is 78.1 Å². The lowest BCUT2D eigenvalue weighted by molar-refractivity contribution is -0.122. The Hall–Kier alpha value is -4.10. The molecule has 0 unspecified atom stereocenters. The van der Waals surface area contributed by atoms with E-state index in [4.69, 9.17) is 21.1 Å². The van der Waals surface area contributed by atoms with Gasteiger partial charge < -0.3 is 9.47 Å².